The van der Waals surface area contributed by atoms with Gasteiger partial charge in [0, 0.05) is 26.2 Å². The van der Waals surface area contributed by atoms with E-state index in [1.54, 1.807) is 0 Å². The van der Waals surface area contributed by atoms with Gasteiger partial charge in [-0.2, -0.15) is 0 Å². The van der Waals surface area contributed by atoms with Crippen LogP contribution in [-0.2, 0) is 11.8 Å². The van der Waals surface area contributed by atoms with Crippen molar-refractivity contribution in [2.75, 3.05) is 26.2 Å². The minimum Gasteiger partial charge on any atom is -0.257 e. The second kappa shape index (κ2) is 7.66. The van der Waals surface area contributed by atoms with Gasteiger partial charge in [-0.05, 0) is 0 Å². The molecule has 0 aliphatic heterocycles. The first-order chi connectivity index (χ1) is 7.75. The Hall–Kier alpha value is 1.14. The number of nitrogens with zero attached hydrogens (tertiary/aromatic N) is 2. The van der Waals surface area contributed by atoms with Gasteiger partial charge in [-0.3, -0.25) is 9.34 Å². The summed E-state index contributed by atoms with van der Waals surface area (Å²) in [6, 6.07) is 0. The molecular weight excluding hydrogens is 283 g/mol. The molecule has 0 aromatic carbocycles. The molecule has 0 rings (SSSR count). The van der Waals surface area contributed by atoms with Gasteiger partial charge >= 0.3 is 0 Å². The highest BCUT2D eigenvalue weighted by Crippen LogP contribution is 2.66. The molecule has 0 aliphatic carbocycles. The highest BCUT2D eigenvalue weighted by Gasteiger charge is 2.34. The summed E-state index contributed by atoms with van der Waals surface area (Å²) in [6.07, 6.45) is 0. The third-order valence-corrected chi connectivity index (χ3v) is 20.1. The topological polar surface area (TPSA) is 6.48 Å². The molecule has 0 saturated carbocycles. The summed E-state index contributed by atoms with van der Waals surface area (Å²) in [5.74, 6) is 0. The van der Waals surface area contributed by atoms with Crippen molar-refractivity contribution in [2.24, 2.45) is 0 Å². The standard InChI is InChI=1S/C11H29N2PS2Si/c1-8-12(9-2)14(15,13(10-3)11-4)16-17(5,6)7/h8-11H2,1-7H3. The third-order valence-electron chi connectivity index (χ3n) is 2.57. The highest BCUT2D eigenvalue weighted by atomic mass is 33.0. The van der Waals surface area contributed by atoms with Crippen molar-refractivity contribution in [2.45, 2.75) is 47.3 Å². The molecule has 0 bridgehead atoms. The minimum atomic E-state index is -1.58. The second-order valence-electron chi connectivity index (χ2n) is 4.97. The van der Waals surface area contributed by atoms with Crippen LogP contribution in [-0.4, -0.2) is 42.7 Å². The summed E-state index contributed by atoms with van der Waals surface area (Å²) in [7, 11) is 0.931. The zero-order valence-electron chi connectivity index (χ0n) is 12.5. The first kappa shape index (κ1) is 18.1. The molecule has 0 fully saturated rings. The molecule has 0 atom stereocenters. The Kier molecular flexibility index (Phi) is 8.17. The Morgan fingerprint density at radius 1 is 0.882 bits per heavy atom. The van der Waals surface area contributed by atoms with E-state index in [1.165, 1.54) is 0 Å². The lowest BCUT2D eigenvalue weighted by Gasteiger charge is -2.43. The molecule has 0 unspecified atom stereocenters. The third kappa shape index (κ3) is 5.33. The molecule has 0 N–H and O–H groups in total. The summed E-state index contributed by atoms with van der Waals surface area (Å²) in [6.45, 7) is 20.4. The Balaban J connectivity index is 5.26. The zero-order chi connectivity index (χ0) is 13.7. The van der Waals surface area contributed by atoms with E-state index < -0.39 is 12.8 Å². The van der Waals surface area contributed by atoms with Crippen LogP contribution in [0.1, 0.15) is 27.7 Å². The fourth-order valence-corrected chi connectivity index (χ4v) is 24.7. The van der Waals surface area contributed by atoms with Gasteiger partial charge in [0.1, 0.15) is 12.8 Å². The van der Waals surface area contributed by atoms with E-state index in [0.29, 0.717) is 0 Å². The number of hydrogen-bond donors (Lipinski definition) is 0. The highest BCUT2D eigenvalue weighted by molar-refractivity contribution is 8.80. The average molecular weight is 313 g/mol. The molecule has 0 amide bonds. The molecule has 17 heavy (non-hydrogen) atoms. The van der Waals surface area contributed by atoms with Crippen LogP contribution in [0.15, 0.2) is 0 Å². The van der Waals surface area contributed by atoms with Gasteiger partial charge in [0.2, 0.25) is 0 Å². The van der Waals surface area contributed by atoms with Gasteiger partial charge in [-0.15, -0.1) is 10.8 Å². The molecule has 0 aromatic rings. The summed E-state index contributed by atoms with van der Waals surface area (Å²) >= 11 is 6.15. The van der Waals surface area contributed by atoms with Gasteiger partial charge in [-0.25, -0.2) is 0 Å². The van der Waals surface area contributed by atoms with Gasteiger partial charge in [-0.1, -0.05) is 59.1 Å². The molecule has 0 aromatic heterocycles. The summed E-state index contributed by atoms with van der Waals surface area (Å²) in [5, 5.41) is 0. The molecule has 0 aliphatic rings. The quantitative estimate of drug-likeness (QED) is 0.482. The van der Waals surface area contributed by atoms with E-state index >= 15 is 0 Å². The molecule has 0 spiro atoms. The van der Waals surface area contributed by atoms with Crippen LogP contribution in [0, 0.1) is 0 Å². The van der Waals surface area contributed by atoms with Gasteiger partial charge in [0.15, 0.2) is 0 Å². The summed E-state index contributed by atoms with van der Waals surface area (Å²) < 4.78 is 5.05. The van der Waals surface area contributed by atoms with Crippen LogP contribution in [0.5, 0.6) is 0 Å². The van der Waals surface area contributed by atoms with E-state index in [2.05, 4.69) is 67.5 Å². The van der Waals surface area contributed by atoms with Crippen molar-refractivity contribution in [1.29, 1.82) is 0 Å². The number of hydrogen-bond acceptors (Lipinski definition) is 2. The lowest BCUT2D eigenvalue weighted by molar-refractivity contribution is 0.433. The van der Waals surface area contributed by atoms with Crippen molar-refractivity contribution in [3.8, 4) is 0 Å². The van der Waals surface area contributed by atoms with E-state index in [0.717, 1.165) is 26.2 Å². The first-order valence-corrected chi connectivity index (χ1v) is 14.9. The van der Waals surface area contributed by atoms with Crippen molar-refractivity contribution < 1.29 is 0 Å². The largest absolute Gasteiger partial charge is 0.257 e. The maximum absolute atomic E-state index is 6.15. The summed E-state index contributed by atoms with van der Waals surface area (Å²) in [5.41, 5.74) is -1.58. The molecular formula is C11H29N2PS2Si. The normalized spacial score (nSPS) is 13.7. The predicted molar refractivity (Wildman–Crippen MR) is 91.1 cm³/mol. The maximum Gasteiger partial charge on any atom is 0.126 e. The van der Waals surface area contributed by atoms with Gasteiger partial charge < -0.3 is 0 Å². The average Bonchev–Trinajstić information content (AvgIpc) is 2.18. The Morgan fingerprint density at radius 3 is 1.35 bits per heavy atom. The van der Waals surface area contributed by atoms with Gasteiger partial charge in [0.25, 0.3) is 0 Å². The van der Waals surface area contributed by atoms with E-state index in [1.807, 2.05) is 0 Å². The van der Waals surface area contributed by atoms with Gasteiger partial charge in [0.05, 0.1) is 0 Å². The molecule has 2 nitrogen and oxygen atoms in total. The van der Waals surface area contributed by atoms with Crippen LogP contribution < -0.4 is 0 Å². The van der Waals surface area contributed by atoms with E-state index in [9.17, 15) is 0 Å². The lowest BCUT2D eigenvalue weighted by atomic mass is 10.7. The Bertz CT molecular complexity index is 245. The second-order valence-corrected chi connectivity index (χ2v) is 21.1. The molecule has 0 saturated heterocycles. The molecule has 0 heterocycles. The molecule has 0 radical (unpaired) electrons. The monoisotopic (exact) mass is 312 g/mol. The molecule has 104 valence electrons. The van der Waals surface area contributed by atoms with Crippen LogP contribution in [0.3, 0.4) is 0 Å². The van der Waals surface area contributed by atoms with Crippen LogP contribution in [0.2, 0.25) is 19.6 Å². The van der Waals surface area contributed by atoms with Crippen molar-refractivity contribution in [3.05, 3.63) is 0 Å². The van der Waals surface area contributed by atoms with Crippen molar-refractivity contribution in [1.82, 2.24) is 9.34 Å². The maximum atomic E-state index is 6.15. The first-order valence-electron chi connectivity index (χ1n) is 6.56. The minimum absolute atomic E-state index is 1.07. The molecule has 6 heteroatoms. The predicted octanol–water partition coefficient (Wildman–Crippen LogP) is 4.46. The summed E-state index contributed by atoms with van der Waals surface area (Å²) in [4.78, 5) is 0. The lowest BCUT2D eigenvalue weighted by Crippen LogP contribution is -2.32. The Morgan fingerprint density at radius 2 is 1.18 bits per heavy atom. The van der Waals surface area contributed by atoms with Crippen LogP contribution in [0.4, 0.5) is 0 Å². The smallest absolute Gasteiger partial charge is 0.126 e. The van der Waals surface area contributed by atoms with Crippen LogP contribution in [0.25, 0.3) is 0 Å². The van der Waals surface area contributed by atoms with E-state index in [4.69, 9.17) is 11.8 Å². The SMILES string of the molecule is CCN(CC)P(=S)(S[Si](C)(C)C)N(CC)CC. The number of rotatable bonds is 8. The van der Waals surface area contributed by atoms with Crippen LogP contribution >= 0.6 is 16.4 Å². The van der Waals surface area contributed by atoms with Crippen molar-refractivity contribution >= 4 is 35.4 Å². The fourth-order valence-electron chi connectivity index (χ4n) is 1.81. The fraction of sp³-hybridized carbons (Fsp3) is 1.00. The van der Waals surface area contributed by atoms with Crippen molar-refractivity contribution in [3.63, 3.8) is 0 Å². The van der Waals surface area contributed by atoms with E-state index in [-0.39, 0.29) is 0 Å². The Labute approximate surface area is 118 Å². The zero-order valence-corrected chi connectivity index (χ0v) is 16.0.